The summed E-state index contributed by atoms with van der Waals surface area (Å²) in [5, 5.41) is 12.6. The van der Waals surface area contributed by atoms with E-state index in [1.165, 1.54) is 42.5 Å². The van der Waals surface area contributed by atoms with Gasteiger partial charge in [0.15, 0.2) is 0 Å². The summed E-state index contributed by atoms with van der Waals surface area (Å²) in [6.45, 7) is 3.48. The van der Waals surface area contributed by atoms with Gasteiger partial charge in [0.2, 0.25) is 12.2 Å². The molecule has 36 heavy (non-hydrogen) atoms. The Bertz CT molecular complexity index is 1300. The van der Waals surface area contributed by atoms with Crippen molar-refractivity contribution < 1.29 is 33.8 Å². The van der Waals surface area contributed by atoms with Gasteiger partial charge in [0.25, 0.3) is 5.91 Å². The van der Waals surface area contributed by atoms with Crippen molar-refractivity contribution in [3.05, 3.63) is 99.0 Å². The monoisotopic (exact) mass is 529 g/mol. The van der Waals surface area contributed by atoms with E-state index < -0.39 is 36.0 Å². The standard InChI is InChI=1S/C26H21Cl2NO7/c1-14-5-3-7-16(9-14)25(33)35-21(23(30)29-20-12-18(27)11-19(28)13-20)22(24(31)32)36-26(34)17-8-4-6-15(2)10-17/h3-13,21-22H,1-2H3,(H,29,30)(H,31,32)/t21-,22+/m0/s1. The molecule has 1 amide bonds. The molecular weight excluding hydrogens is 509 g/mol. The number of esters is 2. The maximum absolute atomic E-state index is 13.2. The smallest absolute Gasteiger partial charge is 0.349 e. The van der Waals surface area contributed by atoms with Gasteiger partial charge in [-0.15, -0.1) is 0 Å². The number of aryl methyl sites for hydroxylation is 2. The summed E-state index contributed by atoms with van der Waals surface area (Å²) < 4.78 is 10.4. The first-order valence-electron chi connectivity index (χ1n) is 10.6. The minimum Gasteiger partial charge on any atom is -0.478 e. The predicted molar refractivity (Wildman–Crippen MR) is 133 cm³/mol. The van der Waals surface area contributed by atoms with E-state index >= 15 is 0 Å². The number of hydrogen-bond acceptors (Lipinski definition) is 6. The molecule has 0 spiro atoms. The topological polar surface area (TPSA) is 119 Å². The highest BCUT2D eigenvalue weighted by atomic mass is 35.5. The van der Waals surface area contributed by atoms with Crippen molar-refractivity contribution in [3.8, 4) is 0 Å². The first kappa shape index (κ1) is 26.7. The molecule has 3 aromatic carbocycles. The molecule has 0 aliphatic heterocycles. The van der Waals surface area contributed by atoms with E-state index in [9.17, 15) is 24.3 Å². The molecule has 3 rings (SSSR count). The number of ether oxygens (including phenoxy) is 2. The van der Waals surface area contributed by atoms with Gasteiger partial charge in [-0.2, -0.15) is 0 Å². The molecule has 0 aliphatic carbocycles. The fraction of sp³-hybridized carbons (Fsp3) is 0.154. The van der Waals surface area contributed by atoms with Crippen LogP contribution in [-0.4, -0.2) is 41.1 Å². The van der Waals surface area contributed by atoms with Gasteiger partial charge in [0.1, 0.15) is 0 Å². The van der Waals surface area contributed by atoms with Crippen LogP contribution in [0.25, 0.3) is 0 Å². The largest absolute Gasteiger partial charge is 0.478 e. The molecule has 0 fully saturated rings. The van der Waals surface area contributed by atoms with Crippen LogP contribution in [0.5, 0.6) is 0 Å². The summed E-state index contributed by atoms with van der Waals surface area (Å²) >= 11 is 11.9. The Morgan fingerprint density at radius 1 is 0.750 bits per heavy atom. The van der Waals surface area contributed by atoms with E-state index in [-0.39, 0.29) is 26.9 Å². The zero-order chi connectivity index (χ0) is 26.4. The number of benzene rings is 3. The summed E-state index contributed by atoms with van der Waals surface area (Å²) in [5.41, 5.74) is 1.72. The fourth-order valence-corrected chi connectivity index (χ4v) is 3.77. The number of hydrogen-bond donors (Lipinski definition) is 2. The molecule has 0 heterocycles. The van der Waals surface area contributed by atoms with E-state index in [1.54, 1.807) is 38.1 Å². The molecule has 0 saturated heterocycles. The number of amides is 1. The van der Waals surface area contributed by atoms with Crippen LogP contribution in [-0.2, 0) is 19.1 Å². The molecule has 0 aromatic heterocycles. The number of carboxylic acid groups (broad SMARTS) is 1. The van der Waals surface area contributed by atoms with Gasteiger partial charge in [-0.25, -0.2) is 14.4 Å². The van der Waals surface area contributed by atoms with Gasteiger partial charge < -0.3 is 19.9 Å². The van der Waals surface area contributed by atoms with E-state index in [4.69, 9.17) is 32.7 Å². The van der Waals surface area contributed by atoms with Crippen molar-refractivity contribution in [3.63, 3.8) is 0 Å². The average molecular weight is 530 g/mol. The Hall–Kier alpha value is -3.88. The van der Waals surface area contributed by atoms with Gasteiger partial charge in [-0.05, 0) is 56.3 Å². The van der Waals surface area contributed by atoms with Crippen LogP contribution < -0.4 is 5.32 Å². The van der Waals surface area contributed by atoms with Crippen molar-refractivity contribution >= 4 is 52.7 Å². The van der Waals surface area contributed by atoms with Crippen LogP contribution in [0.3, 0.4) is 0 Å². The van der Waals surface area contributed by atoms with Crippen LogP contribution in [0, 0.1) is 13.8 Å². The van der Waals surface area contributed by atoms with E-state index in [1.807, 2.05) is 0 Å². The molecule has 2 N–H and O–H groups in total. The number of aliphatic carboxylic acids is 1. The summed E-state index contributed by atoms with van der Waals surface area (Å²) in [5.74, 6) is -4.77. The lowest BCUT2D eigenvalue weighted by atomic mass is 10.1. The predicted octanol–water partition coefficient (Wildman–Crippen LogP) is 5.08. The number of carboxylic acids is 1. The quantitative estimate of drug-likeness (QED) is 0.390. The second kappa shape index (κ2) is 11.7. The second-order valence-corrected chi connectivity index (χ2v) is 8.75. The zero-order valence-electron chi connectivity index (χ0n) is 19.2. The Morgan fingerprint density at radius 2 is 1.22 bits per heavy atom. The summed E-state index contributed by atoms with van der Waals surface area (Å²) in [4.78, 5) is 50.8. The first-order chi connectivity index (χ1) is 17.0. The molecule has 0 aliphatic rings. The maximum Gasteiger partial charge on any atom is 0.349 e. The Balaban J connectivity index is 1.94. The molecule has 2 atom stereocenters. The van der Waals surface area contributed by atoms with Crippen LogP contribution in [0.1, 0.15) is 31.8 Å². The lowest BCUT2D eigenvalue weighted by molar-refractivity contribution is -0.157. The second-order valence-electron chi connectivity index (χ2n) is 7.88. The van der Waals surface area contributed by atoms with Crippen LogP contribution >= 0.6 is 23.2 Å². The van der Waals surface area contributed by atoms with Crippen molar-refractivity contribution in [2.45, 2.75) is 26.1 Å². The van der Waals surface area contributed by atoms with E-state index in [0.717, 1.165) is 11.1 Å². The van der Waals surface area contributed by atoms with Crippen LogP contribution in [0.2, 0.25) is 10.0 Å². The molecule has 0 radical (unpaired) electrons. The lowest BCUT2D eigenvalue weighted by Gasteiger charge is -2.23. The first-order valence-corrected chi connectivity index (χ1v) is 11.3. The molecule has 0 bridgehead atoms. The number of nitrogens with one attached hydrogen (secondary N) is 1. The molecule has 0 unspecified atom stereocenters. The Kier molecular flexibility index (Phi) is 8.68. The van der Waals surface area contributed by atoms with Crippen molar-refractivity contribution in [2.75, 3.05) is 5.32 Å². The number of carbonyl (C=O) groups is 4. The number of carbonyl (C=O) groups excluding carboxylic acids is 3. The van der Waals surface area contributed by atoms with Gasteiger partial charge in [0, 0.05) is 15.7 Å². The third-order valence-corrected chi connectivity index (χ3v) is 5.32. The van der Waals surface area contributed by atoms with Crippen LogP contribution in [0.15, 0.2) is 66.7 Å². The number of rotatable bonds is 8. The number of halogens is 2. The van der Waals surface area contributed by atoms with Crippen molar-refractivity contribution in [1.29, 1.82) is 0 Å². The molecular formula is C26H21Cl2NO7. The highest BCUT2D eigenvalue weighted by Crippen LogP contribution is 2.23. The number of anilines is 1. The van der Waals surface area contributed by atoms with Gasteiger partial charge in [-0.3, -0.25) is 4.79 Å². The third-order valence-electron chi connectivity index (χ3n) is 4.88. The molecule has 8 nitrogen and oxygen atoms in total. The maximum atomic E-state index is 13.2. The summed E-state index contributed by atoms with van der Waals surface area (Å²) in [6, 6.07) is 16.7. The third kappa shape index (κ3) is 7.07. The SMILES string of the molecule is Cc1cccc(C(=O)O[C@H](C(=O)Nc2cc(Cl)cc(Cl)c2)[C@@H](OC(=O)c2cccc(C)c2)C(=O)O)c1. The van der Waals surface area contributed by atoms with E-state index in [2.05, 4.69) is 5.32 Å². The molecule has 186 valence electrons. The average Bonchev–Trinajstić information content (AvgIpc) is 2.80. The van der Waals surface area contributed by atoms with Crippen molar-refractivity contribution in [2.24, 2.45) is 0 Å². The highest BCUT2D eigenvalue weighted by molar-refractivity contribution is 6.35. The van der Waals surface area contributed by atoms with Gasteiger partial charge in [-0.1, -0.05) is 58.6 Å². The Labute approximate surface area is 216 Å². The van der Waals surface area contributed by atoms with Gasteiger partial charge in [0.05, 0.1) is 11.1 Å². The van der Waals surface area contributed by atoms with Crippen LogP contribution in [0.4, 0.5) is 5.69 Å². The summed E-state index contributed by atoms with van der Waals surface area (Å²) in [6.07, 6.45) is -4.22. The minimum absolute atomic E-state index is 0.0621. The highest BCUT2D eigenvalue weighted by Gasteiger charge is 2.41. The molecule has 10 heteroatoms. The molecule has 0 saturated carbocycles. The molecule has 3 aromatic rings. The Morgan fingerprint density at radius 3 is 1.67 bits per heavy atom. The van der Waals surface area contributed by atoms with Crippen molar-refractivity contribution in [1.82, 2.24) is 0 Å². The lowest BCUT2D eigenvalue weighted by Crippen LogP contribution is -2.48. The summed E-state index contributed by atoms with van der Waals surface area (Å²) in [7, 11) is 0. The zero-order valence-corrected chi connectivity index (χ0v) is 20.7. The van der Waals surface area contributed by atoms with E-state index in [0.29, 0.717) is 0 Å². The normalized spacial score (nSPS) is 12.2. The minimum atomic E-state index is -2.17. The van der Waals surface area contributed by atoms with Gasteiger partial charge >= 0.3 is 17.9 Å². The fourth-order valence-electron chi connectivity index (χ4n) is 3.24.